The summed E-state index contributed by atoms with van der Waals surface area (Å²) < 4.78 is 21.2. The molecule has 2 heterocycles. The molecule has 2 saturated heterocycles. The number of aliphatic hydroxyl groups is 3. The van der Waals surface area contributed by atoms with Gasteiger partial charge in [-0.15, -0.1) is 0 Å². The maximum atomic E-state index is 13.1. The second-order valence-electron chi connectivity index (χ2n) is 8.92. The first-order valence-electron chi connectivity index (χ1n) is 10.2. The van der Waals surface area contributed by atoms with Crippen molar-refractivity contribution in [2.45, 2.75) is 81.8 Å². The van der Waals surface area contributed by atoms with Crippen molar-refractivity contribution in [3.05, 3.63) is 10.4 Å². The van der Waals surface area contributed by atoms with Crippen LogP contribution in [0.1, 0.15) is 34.1 Å². The monoisotopic (exact) mass is 474 g/mol. The number of aliphatic hydroxyl groups excluding tert-OH is 3. The normalized spacial score (nSPS) is 33.9. The number of ether oxygens (including phenoxy) is 4. The number of methoxy groups -OCH3 is 1. The van der Waals surface area contributed by atoms with E-state index in [1.807, 2.05) is 0 Å². The summed E-state index contributed by atoms with van der Waals surface area (Å²) in [5, 5.41) is 35.2. The second kappa shape index (κ2) is 10.1. The Morgan fingerprint density at radius 2 is 1.88 bits per heavy atom. The van der Waals surface area contributed by atoms with Crippen molar-refractivity contribution in [2.24, 2.45) is 5.11 Å². The second-order valence-corrected chi connectivity index (χ2v) is 8.92. The van der Waals surface area contributed by atoms with Gasteiger partial charge >= 0.3 is 18.0 Å². The van der Waals surface area contributed by atoms with Crippen LogP contribution in [0.15, 0.2) is 5.11 Å². The minimum Gasteiger partial charge on any atom is -0.467 e. The Labute approximate surface area is 190 Å². The average molecular weight is 474 g/mol. The highest BCUT2D eigenvalue weighted by Gasteiger charge is 2.68. The van der Waals surface area contributed by atoms with Gasteiger partial charge in [-0.05, 0) is 26.3 Å². The first-order valence-corrected chi connectivity index (χ1v) is 10.2. The van der Waals surface area contributed by atoms with Crippen LogP contribution in [-0.4, -0.2) is 106 Å². The van der Waals surface area contributed by atoms with Crippen LogP contribution < -0.4 is 0 Å². The third-order valence-electron chi connectivity index (χ3n) is 5.45. The number of likely N-dealkylation sites (tertiary alicyclic amines) is 1. The SMILES string of the molecule is COC(=O)[C@H]1N(C(=O)OC(C)(C)C)[C@H](COC(C)=O)C[C@]12O[C@H](CN=[N+]=[N-])[C@@H](O)[C@H](O)C2O. The van der Waals surface area contributed by atoms with Crippen LogP contribution in [0.3, 0.4) is 0 Å². The molecular weight excluding hydrogens is 444 g/mol. The summed E-state index contributed by atoms with van der Waals surface area (Å²) in [7, 11) is 1.06. The van der Waals surface area contributed by atoms with E-state index < -0.39 is 72.3 Å². The van der Waals surface area contributed by atoms with Crippen molar-refractivity contribution in [1.82, 2.24) is 4.90 Å². The zero-order valence-electron chi connectivity index (χ0n) is 19.1. The Balaban J connectivity index is 2.60. The number of hydrogen-bond donors (Lipinski definition) is 3. The van der Waals surface area contributed by atoms with E-state index in [4.69, 9.17) is 24.5 Å². The maximum absolute atomic E-state index is 13.1. The lowest BCUT2D eigenvalue weighted by atomic mass is 9.78. The van der Waals surface area contributed by atoms with Crippen LogP contribution in [0.5, 0.6) is 0 Å². The number of nitrogens with zero attached hydrogens (tertiary/aromatic N) is 4. The number of hydrogen-bond acceptors (Lipinski definition) is 11. The average Bonchev–Trinajstić information content (AvgIpc) is 3.05. The molecule has 0 aromatic rings. The van der Waals surface area contributed by atoms with E-state index in [1.54, 1.807) is 20.8 Å². The van der Waals surface area contributed by atoms with Gasteiger partial charge in [0.1, 0.15) is 36.1 Å². The quantitative estimate of drug-likeness (QED) is 0.155. The highest BCUT2D eigenvalue weighted by Crippen LogP contribution is 2.46. The third kappa shape index (κ3) is 5.47. The number of carbonyl (C=O) groups excluding carboxylic acids is 3. The number of esters is 2. The standard InChI is InChI=1S/C19H30N4O10/c1-9(24)31-8-10-6-19(15(27)13(26)12(25)11(32-19)7-21-22-20)14(16(28)30-5)23(10)17(29)33-18(2,3)4/h10-15,25-27H,6-8H2,1-5H3/t10-,11+,12+,13-,14+,15?,19-/m0/s1. The Morgan fingerprint density at radius 3 is 2.39 bits per heavy atom. The molecule has 0 saturated carbocycles. The molecule has 0 aromatic heterocycles. The largest absolute Gasteiger partial charge is 0.467 e. The molecule has 2 rings (SSSR count). The van der Waals surface area contributed by atoms with Gasteiger partial charge in [0, 0.05) is 18.3 Å². The summed E-state index contributed by atoms with van der Waals surface area (Å²) in [5.41, 5.74) is 5.68. The van der Waals surface area contributed by atoms with Crippen molar-refractivity contribution in [3.8, 4) is 0 Å². The van der Waals surface area contributed by atoms with Crippen LogP contribution in [0.4, 0.5) is 4.79 Å². The van der Waals surface area contributed by atoms with Crippen molar-refractivity contribution >= 4 is 18.0 Å². The van der Waals surface area contributed by atoms with Gasteiger partial charge in [-0.1, -0.05) is 5.11 Å². The molecule has 1 spiro atoms. The highest BCUT2D eigenvalue weighted by atomic mass is 16.6. The van der Waals surface area contributed by atoms with Gasteiger partial charge in [0.2, 0.25) is 0 Å². The van der Waals surface area contributed by atoms with Crippen molar-refractivity contribution in [1.29, 1.82) is 0 Å². The molecular formula is C19H30N4O10. The number of amides is 1. The molecule has 0 aliphatic carbocycles. The topological polar surface area (TPSA) is 201 Å². The lowest BCUT2D eigenvalue weighted by molar-refractivity contribution is -0.271. The molecule has 33 heavy (non-hydrogen) atoms. The van der Waals surface area contributed by atoms with Crippen LogP contribution in [0.25, 0.3) is 10.4 Å². The molecule has 0 radical (unpaired) electrons. The van der Waals surface area contributed by atoms with E-state index in [0.717, 1.165) is 18.9 Å². The number of azide groups is 1. The summed E-state index contributed by atoms with van der Waals surface area (Å²) in [6, 6.07) is -2.67. The van der Waals surface area contributed by atoms with Crippen LogP contribution in [-0.2, 0) is 28.5 Å². The first kappa shape index (κ1) is 26.6. The Hall–Kier alpha value is -2.64. The van der Waals surface area contributed by atoms with Crippen molar-refractivity contribution < 1.29 is 48.7 Å². The summed E-state index contributed by atoms with van der Waals surface area (Å²) >= 11 is 0. The molecule has 2 aliphatic heterocycles. The minimum atomic E-state index is -2.00. The summed E-state index contributed by atoms with van der Waals surface area (Å²) in [4.78, 5) is 41.0. The number of carbonyl (C=O) groups is 3. The van der Waals surface area contributed by atoms with E-state index in [2.05, 4.69) is 10.0 Å². The minimum absolute atomic E-state index is 0.295. The fraction of sp³-hybridized carbons (Fsp3) is 0.842. The number of rotatable bonds is 5. The van der Waals surface area contributed by atoms with Gasteiger partial charge in [-0.2, -0.15) is 0 Å². The lowest BCUT2D eigenvalue weighted by Crippen LogP contribution is -2.70. The summed E-state index contributed by atoms with van der Waals surface area (Å²) in [5.74, 6) is -1.66. The molecule has 3 N–H and O–H groups in total. The molecule has 1 unspecified atom stereocenters. The molecule has 2 fully saturated rings. The third-order valence-corrected chi connectivity index (χ3v) is 5.45. The summed E-state index contributed by atoms with van der Waals surface area (Å²) in [6.07, 6.45) is -7.94. The van der Waals surface area contributed by atoms with Gasteiger partial charge in [-0.25, -0.2) is 9.59 Å². The van der Waals surface area contributed by atoms with Gasteiger partial charge in [-0.3, -0.25) is 9.69 Å². The van der Waals surface area contributed by atoms with E-state index in [9.17, 15) is 29.7 Å². The maximum Gasteiger partial charge on any atom is 0.411 e. The zero-order chi connectivity index (χ0) is 25.1. The van der Waals surface area contributed by atoms with Gasteiger partial charge < -0.3 is 34.3 Å². The van der Waals surface area contributed by atoms with Crippen LogP contribution in [0, 0.1) is 0 Å². The van der Waals surface area contributed by atoms with E-state index in [0.29, 0.717) is 0 Å². The van der Waals surface area contributed by atoms with Crippen LogP contribution >= 0.6 is 0 Å². The highest BCUT2D eigenvalue weighted by molar-refractivity contribution is 5.84. The van der Waals surface area contributed by atoms with Crippen LogP contribution in [0.2, 0.25) is 0 Å². The predicted octanol–water partition coefficient (Wildman–Crippen LogP) is -0.369. The van der Waals surface area contributed by atoms with E-state index in [-0.39, 0.29) is 13.0 Å². The summed E-state index contributed by atoms with van der Waals surface area (Å²) in [6.45, 7) is 5.16. The zero-order valence-corrected chi connectivity index (χ0v) is 19.1. The first-order chi connectivity index (χ1) is 15.3. The molecule has 14 nitrogen and oxygen atoms in total. The molecule has 0 aromatic carbocycles. The molecule has 186 valence electrons. The molecule has 7 atom stereocenters. The van der Waals surface area contributed by atoms with E-state index >= 15 is 0 Å². The molecule has 1 amide bonds. The Morgan fingerprint density at radius 1 is 1.24 bits per heavy atom. The fourth-order valence-electron chi connectivity index (χ4n) is 4.15. The molecule has 14 heteroatoms. The van der Waals surface area contributed by atoms with E-state index in [1.165, 1.54) is 0 Å². The fourth-order valence-corrected chi connectivity index (χ4v) is 4.15. The predicted molar refractivity (Wildman–Crippen MR) is 109 cm³/mol. The molecule has 0 bridgehead atoms. The Kier molecular flexibility index (Phi) is 8.14. The van der Waals surface area contributed by atoms with Gasteiger partial charge in [0.25, 0.3) is 0 Å². The van der Waals surface area contributed by atoms with Crippen molar-refractivity contribution in [2.75, 3.05) is 20.3 Å². The van der Waals surface area contributed by atoms with Crippen molar-refractivity contribution in [3.63, 3.8) is 0 Å². The van der Waals surface area contributed by atoms with Gasteiger partial charge in [0.05, 0.1) is 25.8 Å². The van der Waals surface area contributed by atoms with Gasteiger partial charge in [0.15, 0.2) is 6.04 Å². The smallest absolute Gasteiger partial charge is 0.411 e. The lowest BCUT2D eigenvalue weighted by Gasteiger charge is -2.49. The molecule has 2 aliphatic rings. The Bertz CT molecular complexity index is 811.